The van der Waals surface area contributed by atoms with Gasteiger partial charge < -0.3 is 24.1 Å². The molecule has 0 amide bonds. The Kier molecular flexibility index (Phi) is 14.4. The first-order valence-electron chi connectivity index (χ1n) is 20.5. The zero-order valence-corrected chi connectivity index (χ0v) is 34.7. The quantitative estimate of drug-likeness (QED) is 0.109. The molecule has 1 N–H and O–H groups in total. The number of phenolic OH excluding ortho intramolecular Hbond substituents is 1. The number of unbranched alkanes of at least 4 members (excludes halogenated alkanes) is 2. The summed E-state index contributed by atoms with van der Waals surface area (Å²) in [4.78, 5) is 2.59. The normalized spacial score (nSPS) is 12.7. The van der Waals surface area contributed by atoms with E-state index in [0.29, 0.717) is 19.3 Å². The van der Waals surface area contributed by atoms with Crippen LogP contribution in [0, 0.1) is 0 Å². The maximum absolute atomic E-state index is 11.5. The second kappa shape index (κ2) is 18.9. The van der Waals surface area contributed by atoms with Gasteiger partial charge in [0.1, 0.15) is 28.7 Å². The monoisotopic (exact) mass is 735 g/mol. The molecule has 292 valence electrons. The van der Waals surface area contributed by atoms with Gasteiger partial charge in [-0.15, -0.1) is 0 Å². The van der Waals surface area contributed by atoms with E-state index in [4.69, 9.17) is 18.9 Å². The van der Waals surface area contributed by atoms with Crippen molar-refractivity contribution in [2.24, 2.45) is 0 Å². The number of rotatable bonds is 16. The van der Waals surface area contributed by atoms with Gasteiger partial charge >= 0.3 is 0 Å². The lowest BCUT2D eigenvalue weighted by Gasteiger charge is -2.27. The van der Waals surface area contributed by atoms with Crippen molar-refractivity contribution >= 4 is 0 Å². The van der Waals surface area contributed by atoms with Crippen LogP contribution < -0.4 is 18.9 Å². The van der Waals surface area contributed by atoms with Crippen LogP contribution in [-0.2, 0) is 25.8 Å². The third-order valence-electron chi connectivity index (χ3n) is 9.64. The first-order chi connectivity index (χ1) is 25.9. The van der Waals surface area contributed by atoms with Gasteiger partial charge in [-0.25, -0.2) is 0 Å². The molecule has 0 radical (unpaired) electrons. The number of aromatic hydroxyl groups is 1. The fraction of sp³-hybridized carbons (Fsp3) is 0.500. The van der Waals surface area contributed by atoms with Gasteiger partial charge in [-0.1, -0.05) is 69.2 Å². The van der Waals surface area contributed by atoms with E-state index in [1.807, 2.05) is 12.1 Å². The third kappa shape index (κ3) is 10.5. The van der Waals surface area contributed by atoms with Gasteiger partial charge in [0.2, 0.25) is 0 Å². The maximum Gasteiger partial charge on any atom is 0.131 e. The van der Waals surface area contributed by atoms with Gasteiger partial charge in [0.15, 0.2) is 0 Å². The minimum atomic E-state index is -0.0974. The van der Waals surface area contributed by atoms with E-state index in [-0.39, 0.29) is 30.2 Å². The predicted octanol–water partition coefficient (Wildman–Crippen LogP) is 11.7. The Morgan fingerprint density at radius 2 is 0.907 bits per heavy atom. The summed E-state index contributed by atoms with van der Waals surface area (Å²) in [5.41, 5.74) is 9.34. The van der Waals surface area contributed by atoms with Crippen LogP contribution in [0.1, 0.15) is 134 Å². The van der Waals surface area contributed by atoms with Crippen molar-refractivity contribution in [2.75, 3.05) is 13.1 Å². The maximum atomic E-state index is 11.5. The average molecular weight is 736 g/mol. The van der Waals surface area contributed by atoms with Crippen molar-refractivity contribution in [3.63, 3.8) is 0 Å². The number of para-hydroxylation sites is 2. The van der Waals surface area contributed by atoms with Crippen molar-refractivity contribution in [1.82, 2.24) is 4.90 Å². The van der Waals surface area contributed by atoms with E-state index in [2.05, 4.69) is 123 Å². The lowest BCUT2D eigenvalue weighted by Crippen LogP contribution is -2.25. The average Bonchev–Trinajstić information content (AvgIpc) is 3.09. The van der Waals surface area contributed by atoms with E-state index >= 15 is 0 Å². The second-order valence-electron chi connectivity index (χ2n) is 16.1. The van der Waals surface area contributed by atoms with Crippen LogP contribution in [0.4, 0.5) is 0 Å². The van der Waals surface area contributed by atoms with Crippen LogP contribution in [0.25, 0.3) is 11.1 Å². The van der Waals surface area contributed by atoms with Crippen LogP contribution in [0.2, 0.25) is 0 Å². The molecule has 0 saturated heterocycles. The van der Waals surface area contributed by atoms with Crippen LogP contribution in [0.15, 0.2) is 60.7 Å². The summed E-state index contributed by atoms with van der Waals surface area (Å²) < 4.78 is 27.1. The van der Waals surface area contributed by atoms with Gasteiger partial charge in [-0.3, -0.25) is 4.90 Å². The van der Waals surface area contributed by atoms with Crippen molar-refractivity contribution in [1.29, 1.82) is 0 Å². The summed E-state index contributed by atoms with van der Waals surface area (Å²) in [5, 5.41) is 11.5. The molecule has 54 heavy (non-hydrogen) atoms. The van der Waals surface area contributed by atoms with E-state index in [0.717, 1.165) is 113 Å². The summed E-state index contributed by atoms with van der Waals surface area (Å²) in [6, 6.07) is 21.3. The number of hydrogen-bond acceptors (Lipinski definition) is 6. The largest absolute Gasteiger partial charge is 0.508 e. The minimum absolute atomic E-state index is 0.0103. The molecule has 1 aliphatic rings. The summed E-state index contributed by atoms with van der Waals surface area (Å²) in [7, 11) is 0. The minimum Gasteiger partial charge on any atom is -0.508 e. The first-order valence-corrected chi connectivity index (χ1v) is 20.5. The highest BCUT2D eigenvalue weighted by atomic mass is 16.5. The lowest BCUT2D eigenvalue weighted by molar-refractivity contribution is 0.235. The molecule has 4 aromatic carbocycles. The molecule has 8 bridgehead atoms. The molecule has 1 aliphatic carbocycles. The second-order valence-corrected chi connectivity index (χ2v) is 16.1. The van der Waals surface area contributed by atoms with Crippen molar-refractivity contribution < 1.29 is 24.1 Å². The Labute approximate surface area is 325 Å². The SMILES string of the molecule is CCCCN(CCCC)Cc1cc2c(OC(C)C)c(c1)-c1cc(O)cc(c1OC(C)C)Cc1cccc(c1OC(C)C)Cc1cccc(c1OC(C)C)C2. The lowest BCUT2D eigenvalue weighted by atomic mass is 9.91. The number of benzene rings is 4. The van der Waals surface area contributed by atoms with Gasteiger partial charge in [0, 0.05) is 42.5 Å². The van der Waals surface area contributed by atoms with Crippen molar-refractivity contribution in [3.05, 3.63) is 99.6 Å². The predicted molar refractivity (Wildman–Crippen MR) is 223 cm³/mol. The molecule has 0 aromatic heterocycles. The Morgan fingerprint density at radius 3 is 1.33 bits per heavy atom. The topological polar surface area (TPSA) is 60.4 Å². The van der Waals surface area contributed by atoms with Crippen LogP contribution >= 0.6 is 0 Å². The Morgan fingerprint density at radius 1 is 0.519 bits per heavy atom. The summed E-state index contributed by atoms with van der Waals surface area (Å²) in [5.74, 6) is 3.55. The molecule has 0 atom stereocenters. The number of hydrogen-bond donors (Lipinski definition) is 1. The summed E-state index contributed by atoms with van der Waals surface area (Å²) >= 11 is 0. The molecule has 0 fully saturated rings. The van der Waals surface area contributed by atoms with Crippen molar-refractivity contribution in [2.45, 2.75) is 145 Å². The fourth-order valence-electron chi connectivity index (χ4n) is 7.44. The Hall–Kier alpha value is -4.16. The van der Waals surface area contributed by atoms with E-state index < -0.39 is 0 Å². The van der Waals surface area contributed by atoms with E-state index in [9.17, 15) is 5.11 Å². The molecule has 5 rings (SSSR count). The number of nitrogens with zero attached hydrogens (tertiary/aromatic N) is 1. The molecular weight excluding hydrogens is 671 g/mol. The van der Waals surface area contributed by atoms with Gasteiger partial charge in [-0.05, 0) is 133 Å². The van der Waals surface area contributed by atoms with Crippen LogP contribution in [0.5, 0.6) is 28.7 Å². The zero-order valence-electron chi connectivity index (χ0n) is 34.7. The number of phenols is 1. The summed E-state index contributed by atoms with van der Waals surface area (Å²) in [6.45, 7) is 24.1. The van der Waals surface area contributed by atoms with Gasteiger partial charge in [0.05, 0.1) is 24.4 Å². The number of fused-ring (bicyclic) bond motifs is 9. The van der Waals surface area contributed by atoms with Crippen LogP contribution in [0.3, 0.4) is 0 Å². The molecule has 6 nitrogen and oxygen atoms in total. The van der Waals surface area contributed by atoms with Crippen LogP contribution in [-0.4, -0.2) is 47.5 Å². The fourth-order valence-corrected chi connectivity index (χ4v) is 7.44. The molecule has 0 spiro atoms. The highest BCUT2D eigenvalue weighted by Crippen LogP contribution is 2.47. The molecule has 6 heteroatoms. The highest BCUT2D eigenvalue weighted by molar-refractivity contribution is 5.81. The summed E-state index contributed by atoms with van der Waals surface area (Å²) in [6.07, 6.45) is 6.20. The van der Waals surface area contributed by atoms with E-state index in [1.165, 1.54) is 5.56 Å². The smallest absolute Gasteiger partial charge is 0.131 e. The molecule has 0 heterocycles. The zero-order chi connectivity index (χ0) is 38.9. The Bertz CT molecular complexity index is 1830. The first kappa shape index (κ1) is 41.0. The third-order valence-corrected chi connectivity index (χ3v) is 9.64. The highest BCUT2D eigenvalue weighted by Gasteiger charge is 2.26. The van der Waals surface area contributed by atoms with Crippen molar-refractivity contribution in [3.8, 4) is 39.9 Å². The van der Waals surface area contributed by atoms with E-state index in [1.54, 1.807) is 0 Å². The molecule has 4 aromatic rings. The van der Waals surface area contributed by atoms with Gasteiger partial charge in [0.25, 0.3) is 0 Å². The standard InChI is InChI=1S/C48H65NO5/c1-11-13-21-49(22-14-12-2)30-35-23-40-26-38-19-15-17-36(45(38)51-31(3)4)25-37-18-16-20-39(46(37)52-32(5)6)27-41-28-42(50)29-44(48(41)54-34(9)10)43(24-35)47(40)53-33(7)8/h15-20,23-24,28-29,31-34,50H,11-14,21-22,25-27,30H2,1-10H3. The molecule has 0 unspecified atom stereocenters. The molecular formula is C48H65NO5. The molecule has 0 aliphatic heterocycles. The van der Waals surface area contributed by atoms with Gasteiger partial charge in [-0.2, -0.15) is 0 Å². The Balaban J connectivity index is 1.89. The number of ether oxygens (including phenoxy) is 4. The molecule has 0 saturated carbocycles.